The fraction of sp³-hybridized carbons (Fsp3) is 0.316. The van der Waals surface area contributed by atoms with Crippen LogP contribution in [0.15, 0.2) is 52.1 Å². The fourth-order valence-electron chi connectivity index (χ4n) is 2.43. The third-order valence-electron chi connectivity index (χ3n) is 3.69. The van der Waals surface area contributed by atoms with Crippen molar-refractivity contribution in [3.63, 3.8) is 0 Å². The normalized spacial score (nSPS) is 12.6. The summed E-state index contributed by atoms with van der Waals surface area (Å²) in [4.78, 5) is 8.85. The first-order valence-electron chi connectivity index (χ1n) is 9.03. The van der Waals surface area contributed by atoms with Crippen molar-refractivity contribution in [3.05, 3.63) is 54.3 Å². The maximum absolute atomic E-state index is 13.2. The minimum Gasteiger partial charge on any atom is -0.489 e. The number of hydrogen-bond donors (Lipinski definition) is 3. The van der Waals surface area contributed by atoms with Gasteiger partial charge in [-0.15, -0.1) is 5.10 Å². The van der Waals surface area contributed by atoms with E-state index in [0.717, 1.165) is 0 Å². The van der Waals surface area contributed by atoms with Gasteiger partial charge in [0.2, 0.25) is 5.82 Å². The lowest BCUT2D eigenvalue weighted by Crippen LogP contribution is -2.41. The Kier molecular flexibility index (Phi) is 6.61. The molecule has 0 spiro atoms. The van der Waals surface area contributed by atoms with Gasteiger partial charge in [-0.05, 0) is 38.1 Å². The number of aliphatic imine (C=N–C) groups is 1. The number of guanidine groups is 1. The summed E-state index contributed by atoms with van der Waals surface area (Å²) in [5, 5.41) is 13.3. The highest BCUT2D eigenvalue weighted by molar-refractivity contribution is 5.79. The highest BCUT2D eigenvalue weighted by Gasteiger charge is 2.09. The number of halogens is 1. The van der Waals surface area contributed by atoms with Gasteiger partial charge < -0.3 is 19.8 Å². The molecule has 1 unspecified atom stereocenters. The summed E-state index contributed by atoms with van der Waals surface area (Å²) in [5.41, 5.74) is 0. The molecule has 0 radical (unpaired) electrons. The Hall–Kier alpha value is -3.36. The molecule has 2 aromatic heterocycles. The molecular formula is C19H23FN6O2. The number of aromatic amines is 1. The monoisotopic (exact) mass is 386 g/mol. The van der Waals surface area contributed by atoms with E-state index in [0.29, 0.717) is 48.8 Å². The van der Waals surface area contributed by atoms with Crippen LogP contribution in [0.5, 0.6) is 5.75 Å². The number of benzene rings is 1. The van der Waals surface area contributed by atoms with Gasteiger partial charge in [0.1, 0.15) is 30.0 Å². The molecule has 1 aromatic carbocycles. The van der Waals surface area contributed by atoms with Crippen LogP contribution < -0.4 is 15.4 Å². The number of furan rings is 1. The highest BCUT2D eigenvalue weighted by Crippen LogP contribution is 2.15. The lowest BCUT2D eigenvalue weighted by atomic mass is 10.3. The standard InChI is InChI=1S/C19H23FN6O2/c1-3-21-19(22-11-13(2)28-15-7-4-6-14(20)10-15)23-12-17-24-18(26-25-17)16-8-5-9-27-16/h4-10,13H,3,11-12H2,1-2H3,(H2,21,22,23)(H,24,25,26). The molecule has 0 bridgehead atoms. The van der Waals surface area contributed by atoms with Crippen LogP contribution in [0.3, 0.4) is 0 Å². The second-order valence-corrected chi connectivity index (χ2v) is 6.04. The molecule has 0 amide bonds. The van der Waals surface area contributed by atoms with E-state index in [4.69, 9.17) is 9.15 Å². The van der Waals surface area contributed by atoms with Crippen molar-refractivity contribution in [2.45, 2.75) is 26.5 Å². The molecule has 3 rings (SSSR count). The Morgan fingerprint density at radius 3 is 2.96 bits per heavy atom. The molecule has 3 aromatic rings. The van der Waals surface area contributed by atoms with Gasteiger partial charge in [-0.25, -0.2) is 14.4 Å². The average Bonchev–Trinajstić information content (AvgIpc) is 3.35. The molecule has 1 atom stereocenters. The number of H-pyrrole nitrogens is 1. The molecule has 9 heteroatoms. The summed E-state index contributed by atoms with van der Waals surface area (Å²) in [6.07, 6.45) is 1.39. The first-order chi connectivity index (χ1) is 13.6. The summed E-state index contributed by atoms with van der Waals surface area (Å²) in [7, 11) is 0. The van der Waals surface area contributed by atoms with Gasteiger partial charge in [0.25, 0.3) is 0 Å². The van der Waals surface area contributed by atoms with Crippen LogP contribution >= 0.6 is 0 Å². The Balaban J connectivity index is 1.53. The van der Waals surface area contributed by atoms with Crippen molar-refractivity contribution in [1.82, 2.24) is 25.8 Å². The van der Waals surface area contributed by atoms with Gasteiger partial charge in [0.05, 0.1) is 12.8 Å². The Morgan fingerprint density at radius 1 is 1.32 bits per heavy atom. The van der Waals surface area contributed by atoms with E-state index >= 15 is 0 Å². The fourth-order valence-corrected chi connectivity index (χ4v) is 2.43. The maximum atomic E-state index is 13.2. The zero-order chi connectivity index (χ0) is 19.8. The minimum atomic E-state index is -0.325. The molecule has 2 heterocycles. The quantitative estimate of drug-likeness (QED) is 0.407. The number of hydrogen-bond acceptors (Lipinski definition) is 5. The summed E-state index contributed by atoms with van der Waals surface area (Å²) in [6.45, 7) is 5.40. The van der Waals surface area contributed by atoms with E-state index in [1.165, 1.54) is 12.1 Å². The summed E-state index contributed by atoms with van der Waals surface area (Å²) in [5.74, 6) is 2.49. The van der Waals surface area contributed by atoms with Crippen LogP contribution in [0, 0.1) is 5.82 Å². The minimum absolute atomic E-state index is 0.179. The predicted octanol–water partition coefficient (Wildman–Crippen LogP) is 2.73. The van der Waals surface area contributed by atoms with Crippen LogP contribution in [0.25, 0.3) is 11.6 Å². The molecule has 0 aliphatic heterocycles. The first kappa shape index (κ1) is 19.4. The van der Waals surface area contributed by atoms with Crippen molar-refractivity contribution in [3.8, 4) is 17.3 Å². The summed E-state index contributed by atoms with van der Waals surface area (Å²) in [6, 6.07) is 9.65. The third kappa shape index (κ3) is 5.57. The van der Waals surface area contributed by atoms with E-state index in [-0.39, 0.29) is 11.9 Å². The Morgan fingerprint density at radius 2 is 2.21 bits per heavy atom. The SMILES string of the molecule is CCNC(=NCc1nc(-c2ccco2)n[nH]1)NCC(C)Oc1cccc(F)c1. The Bertz CT molecular complexity index is 893. The molecule has 28 heavy (non-hydrogen) atoms. The molecule has 0 saturated heterocycles. The highest BCUT2D eigenvalue weighted by atomic mass is 19.1. The number of nitrogens with zero attached hydrogens (tertiary/aromatic N) is 3. The largest absolute Gasteiger partial charge is 0.489 e. The van der Waals surface area contributed by atoms with Gasteiger partial charge in [-0.2, -0.15) is 0 Å². The van der Waals surface area contributed by atoms with Crippen molar-refractivity contribution in [1.29, 1.82) is 0 Å². The average molecular weight is 386 g/mol. The zero-order valence-electron chi connectivity index (χ0n) is 15.8. The van der Waals surface area contributed by atoms with Crippen LogP contribution in [0.2, 0.25) is 0 Å². The van der Waals surface area contributed by atoms with Crippen LogP contribution in [0.4, 0.5) is 4.39 Å². The number of rotatable bonds is 8. The van der Waals surface area contributed by atoms with Crippen molar-refractivity contribution >= 4 is 5.96 Å². The first-order valence-corrected chi connectivity index (χ1v) is 9.03. The molecule has 0 aliphatic carbocycles. The van der Waals surface area contributed by atoms with Crippen LogP contribution in [0.1, 0.15) is 19.7 Å². The van der Waals surface area contributed by atoms with E-state index in [1.54, 1.807) is 30.5 Å². The number of ether oxygens (including phenoxy) is 1. The molecule has 148 valence electrons. The lowest BCUT2D eigenvalue weighted by Gasteiger charge is -2.17. The summed E-state index contributed by atoms with van der Waals surface area (Å²) < 4.78 is 24.2. The van der Waals surface area contributed by atoms with Gasteiger partial charge in [-0.1, -0.05) is 6.07 Å². The zero-order valence-corrected chi connectivity index (χ0v) is 15.8. The lowest BCUT2D eigenvalue weighted by molar-refractivity contribution is 0.223. The predicted molar refractivity (Wildman–Crippen MR) is 103 cm³/mol. The third-order valence-corrected chi connectivity index (χ3v) is 3.69. The molecule has 0 saturated carbocycles. The molecular weight excluding hydrogens is 363 g/mol. The van der Waals surface area contributed by atoms with E-state index in [9.17, 15) is 4.39 Å². The molecule has 8 nitrogen and oxygen atoms in total. The van der Waals surface area contributed by atoms with Gasteiger partial charge in [0.15, 0.2) is 11.7 Å². The topological polar surface area (TPSA) is 100 Å². The van der Waals surface area contributed by atoms with Crippen molar-refractivity contribution in [2.75, 3.05) is 13.1 Å². The summed E-state index contributed by atoms with van der Waals surface area (Å²) >= 11 is 0. The Labute approximate surface area is 162 Å². The van der Waals surface area contributed by atoms with Gasteiger partial charge in [-0.3, -0.25) is 5.10 Å². The number of aromatic nitrogens is 3. The van der Waals surface area contributed by atoms with Crippen LogP contribution in [-0.2, 0) is 6.54 Å². The van der Waals surface area contributed by atoms with Crippen LogP contribution in [-0.4, -0.2) is 40.3 Å². The van der Waals surface area contributed by atoms with E-state index in [2.05, 4.69) is 30.8 Å². The number of nitrogens with one attached hydrogen (secondary N) is 3. The smallest absolute Gasteiger partial charge is 0.216 e. The second-order valence-electron chi connectivity index (χ2n) is 6.04. The maximum Gasteiger partial charge on any atom is 0.216 e. The molecule has 3 N–H and O–H groups in total. The molecule has 0 aliphatic rings. The van der Waals surface area contributed by atoms with Crippen molar-refractivity contribution in [2.24, 2.45) is 4.99 Å². The second kappa shape index (κ2) is 9.54. The van der Waals surface area contributed by atoms with Gasteiger partial charge >= 0.3 is 0 Å². The van der Waals surface area contributed by atoms with Crippen molar-refractivity contribution < 1.29 is 13.5 Å². The van der Waals surface area contributed by atoms with E-state index in [1.807, 2.05) is 13.8 Å². The van der Waals surface area contributed by atoms with Gasteiger partial charge in [0, 0.05) is 12.6 Å². The van der Waals surface area contributed by atoms with E-state index < -0.39 is 0 Å². The molecule has 0 fully saturated rings.